The third kappa shape index (κ3) is 0.906. The van der Waals surface area contributed by atoms with Crippen molar-refractivity contribution in [3.8, 4) is 0 Å². The quantitative estimate of drug-likeness (QED) is 0.485. The Kier molecular flexibility index (Phi) is 1.54. The number of hydrogen-bond acceptors (Lipinski definition) is 2. The van der Waals surface area contributed by atoms with Crippen LogP contribution >= 0.6 is 9.39 Å². The summed E-state index contributed by atoms with van der Waals surface area (Å²) in [5, 5.41) is 0. The Balaban J connectivity index is 2.18. The van der Waals surface area contributed by atoms with E-state index in [9.17, 15) is 4.79 Å². The molecule has 3 aliphatic rings. The second-order valence-corrected chi connectivity index (χ2v) is 3.99. The molecule has 0 amide bonds. The van der Waals surface area contributed by atoms with Gasteiger partial charge in [-0.05, 0) is 18.8 Å². The van der Waals surface area contributed by atoms with Crippen LogP contribution in [0.2, 0.25) is 0 Å². The van der Waals surface area contributed by atoms with Gasteiger partial charge in [-0.25, -0.2) is 0 Å². The average molecular weight is 157 g/mol. The molecular weight excluding hydrogens is 145 g/mol. The third-order valence-corrected chi connectivity index (χ3v) is 3.15. The summed E-state index contributed by atoms with van der Waals surface area (Å²) in [7, 11) is 2.66. The molecule has 3 heteroatoms. The summed E-state index contributed by atoms with van der Waals surface area (Å²) in [4.78, 5) is 11.2. The Hall–Kier alpha value is 0.0600. The number of carbonyl (C=O) groups excluding carboxylic acids is 1. The lowest BCUT2D eigenvalue weighted by molar-refractivity contribution is -0.129. The highest BCUT2D eigenvalue weighted by atomic mass is 31.0. The third-order valence-electron chi connectivity index (χ3n) is 2.58. The van der Waals surface area contributed by atoms with Crippen molar-refractivity contribution in [2.24, 2.45) is 5.92 Å². The molecule has 1 aliphatic carbocycles. The van der Waals surface area contributed by atoms with Crippen molar-refractivity contribution in [2.75, 3.05) is 6.54 Å². The van der Waals surface area contributed by atoms with Gasteiger partial charge < -0.3 is 0 Å². The van der Waals surface area contributed by atoms with Crippen LogP contribution in [0.5, 0.6) is 0 Å². The van der Waals surface area contributed by atoms with Crippen LogP contribution in [0.25, 0.3) is 0 Å². The molecule has 0 spiro atoms. The summed E-state index contributed by atoms with van der Waals surface area (Å²) >= 11 is 0. The number of ketones is 1. The molecule has 10 heavy (non-hydrogen) atoms. The molecule has 3 rings (SSSR count). The van der Waals surface area contributed by atoms with Crippen molar-refractivity contribution in [1.82, 2.24) is 4.67 Å². The Morgan fingerprint density at radius 1 is 1.50 bits per heavy atom. The standard InChI is InChI=1S/C7H12NOP/c9-7-3-5-1-2-6(7)8(10)4-5/h5-6H,1-4,10H2. The van der Waals surface area contributed by atoms with E-state index in [0.717, 1.165) is 19.4 Å². The molecule has 2 bridgehead atoms. The van der Waals surface area contributed by atoms with Crippen LogP contribution in [0.4, 0.5) is 0 Å². The minimum atomic E-state index is 0.245. The summed E-state index contributed by atoms with van der Waals surface area (Å²) in [5.41, 5.74) is 0. The second kappa shape index (κ2) is 2.28. The summed E-state index contributed by atoms with van der Waals surface area (Å²) < 4.78 is 2.12. The lowest BCUT2D eigenvalue weighted by Crippen LogP contribution is -2.48. The molecule has 2 heterocycles. The zero-order valence-electron chi connectivity index (χ0n) is 5.92. The molecular formula is C7H12NOP. The number of fused-ring (bicyclic) bond motifs is 3. The Bertz CT molecular complexity index is 171. The van der Waals surface area contributed by atoms with Crippen molar-refractivity contribution in [2.45, 2.75) is 25.3 Å². The zero-order valence-corrected chi connectivity index (χ0v) is 7.07. The summed E-state index contributed by atoms with van der Waals surface area (Å²) in [6, 6.07) is 0.245. The van der Waals surface area contributed by atoms with Gasteiger partial charge in [0.2, 0.25) is 0 Å². The minimum absolute atomic E-state index is 0.245. The van der Waals surface area contributed by atoms with Gasteiger partial charge in [0.1, 0.15) is 0 Å². The molecule has 2 nitrogen and oxygen atoms in total. The minimum Gasteiger partial charge on any atom is -0.298 e. The summed E-state index contributed by atoms with van der Waals surface area (Å²) in [6.45, 7) is 1.11. The normalized spacial score (nSPS) is 40.7. The molecule has 3 atom stereocenters. The highest BCUT2D eigenvalue weighted by Gasteiger charge is 2.37. The van der Waals surface area contributed by atoms with Crippen molar-refractivity contribution in [3.63, 3.8) is 0 Å². The van der Waals surface area contributed by atoms with Gasteiger partial charge in [0.15, 0.2) is 5.78 Å². The van der Waals surface area contributed by atoms with Gasteiger partial charge >= 0.3 is 0 Å². The number of piperidine rings is 2. The fourth-order valence-corrected chi connectivity index (χ4v) is 2.62. The van der Waals surface area contributed by atoms with Crippen molar-refractivity contribution < 1.29 is 4.79 Å². The SMILES string of the molecule is O=C1CC2CCC1N(P)C2. The lowest BCUT2D eigenvalue weighted by Gasteiger charge is -2.41. The molecule has 0 radical (unpaired) electrons. The topological polar surface area (TPSA) is 20.3 Å². The molecule has 0 aromatic rings. The smallest absolute Gasteiger partial charge is 0.150 e. The van der Waals surface area contributed by atoms with Gasteiger partial charge in [-0.3, -0.25) is 9.46 Å². The largest absolute Gasteiger partial charge is 0.298 e. The molecule has 3 fully saturated rings. The highest BCUT2D eigenvalue weighted by Crippen LogP contribution is 2.34. The van der Waals surface area contributed by atoms with Crippen molar-refractivity contribution in [1.29, 1.82) is 0 Å². The Morgan fingerprint density at radius 3 is 2.70 bits per heavy atom. The van der Waals surface area contributed by atoms with Gasteiger partial charge in [-0.2, -0.15) is 0 Å². The molecule has 1 saturated carbocycles. The van der Waals surface area contributed by atoms with E-state index in [1.807, 2.05) is 0 Å². The molecule has 0 aromatic heterocycles. The van der Waals surface area contributed by atoms with E-state index in [-0.39, 0.29) is 6.04 Å². The van der Waals surface area contributed by atoms with Crippen molar-refractivity contribution >= 4 is 15.2 Å². The monoisotopic (exact) mass is 157 g/mol. The molecule has 0 N–H and O–H groups in total. The first kappa shape index (κ1) is 6.75. The van der Waals surface area contributed by atoms with Gasteiger partial charge in [-0.1, -0.05) is 9.39 Å². The van der Waals surface area contributed by atoms with E-state index in [4.69, 9.17) is 0 Å². The van der Waals surface area contributed by atoms with Crippen molar-refractivity contribution in [3.05, 3.63) is 0 Å². The molecule has 2 saturated heterocycles. The fraction of sp³-hybridized carbons (Fsp3) is 0.857. The maximum atomic E-state index is 11.2. The maximum absolute atomic E-state index is 11.2. The first-order chi connectivity index (χ1) is 4.77. The first-order valence-electron chi connectivity index (χ1n) is 3.81. The second-order valence-electron chi connectivity index (χ2n) is 3.33. The van der Waals surface area contributed by atoms with Crippen LogP contribution in [0, 0.1) is 5.92 Å². The summed E-state index contributed by atoms with van der Waals surface area (Å²) in [6.07, 6.45) is 3.20. The van der Waals surface area contributed by atoms with E-state index >= 15 is 0 Å². The van der Waals surface area contributed by atoms with E-state index in [1.54, 1.807) is 0 Å². The summed E-state index contributed by atoms with van der Waals surface area (Å²) in [5.74, 6) is 1.12. The van der Waals surface area contributed by atoms with E-state index in [0.29, 0.717) is 11.7 Å². The van der Waals surface area contributed by atoms with Crippen LogP contribution in [0.15, 0.2) is 0 Å². The lowest BCUT2D eigenvalue weighted by atomic mass is 9.81. The average Bonchev–Trinajstić information content (AvgIpc) is 1.86. The van der Waals surface area contributed by atoms with Crippen LogP contribution < -0.4 is 0 Å². The molecule has 3 unspecified atom stereocenters. The van der Waals surface area contributed by atoms with Gasteiger partial charge in [-0.15, -0.1) is 0 Å². The van der Waals surface area contributed by atoms with E-state index < -0.39 is 0 Å². The number of Topliss-reactive ketones (excluding diaryl/α,β-unsaturated/α-hetero) is 1. The number of rotatable bonds is 0. The van der Waals surface area contributed by atoms with Crippen LogP contribution in [-0.4, -0.2) is 23.0 Å². The predicted octanol–water partition coefficient (Wildman–Crippen LogP) is 0.830. The molecule has 56 valence electrons. The zero-order chi connectivity index (χ0) is 7.14. The van der Waals surface area contributed by atoms with Crippen LogP contribution in [0.1, 0.15) is 19.3 Å². The van der Waals surface area contributed by atoms with Gasteiger partial charge in [0.25, 0.3) is 0 Å². The van der Waals surface area contributed by atoms with Crippen LogP contribution in [-0.2, 0) is 4.79 Å². The maximum Gasteiger partial charge on any atom is 0.150 e. The highest BCUT2D eigenvalue weighted by molar-refractivity contribution is 7.13. The van der Waals surface area contributed by atoms with Gasteiger partial charge in [0.05, 0.1) is 6.04 Å². The van der Waals surface area contributed by atoms with Crippen LogP contribution in [0.3, 0.4) is 0 Å². The predicted molar refractivity (Wildman–Crippen MR) is 42.6 cm³/mol. The number of carbonyl (C=O) groups is 1. The Labute approximate surface area is 63.2 Å². The number of nitrogens with zero attached hydrogens (tertiary/aromatic N) is 1. The molecule has 2 aliphatic heterocycles. The first-order valence-corrected chi connectivity index (χ1v) is 4.33. The van der Waals surface area contributed by atoms with E-state index in [1.165, 1.54) is 6.42 Å². The fourth-order valence-electron chi connectivity index (χ4n) is 2.01. The van der Waals surface area contributed by atoms with E-state index in [2.05, 4.69) is 14.1 Å². The Morgan fingerprint density at radius 2 is 2.30 bits per heavy atom. The number of hydrogen-bond donors (Lipinski definition) is 0. The molecule has 0 aromatic carbocycles. The van der Waals surface area contributed by atoms with Gasteiger partial charge in [0, 0.05) is 13.0 Å².